The first-order chi connectivity index (χ1) is 19.1. The molecular formula is C31H29N5O3. The fourth-order valence-electron chi connectivity index (χ4n) is 4.64. The summed E-state index contributed by atoms with van der Waals surface area (Å²) in [6.07, 6.45) is 2.34. The van der Waals surface area contributed by atoms with Crippen molar-refractivity contribution in [2.24, 2.45) is 0 Å². The van der Waals surface area contributed by atoms with Gasteiger partial charge in [-0.2, -0.15) is 9.61 Å². The number of carbonyl (C=O) groups is 1. The minimum atomic E-state index is -0.187. The molecule has 1 aliphatic rings. The predicted octanol–water partition coefficient (Wildman–Crippen LogP) is 5.96. The van der Waals surface area contributed by atoms with Gasteiger partial charge in [-0.3, -0.25) is 4.79 Å². The van der Waals surface area contributed by atoms with Gasteiger partial charge >= 0.3 is 0 Å². The van der Waals surface area contributed by atoms with Gasteiger partial charge < -0.3 is 20.1 Å². The number of fused-ring (bicyclic) bond motifs is 1. The second-order valence-electron chi connectivity index (χ2n) is 9.53. The van der Waals surface area contributed by atoms with Crippen LogP contribution >= 0.6 is 0 Å². The normalized spacial score (nSPS) is 12.8. The largest absolute Gasteiger partial charge is 0.496 e. The van der Waals surface area contributed by atoms with Gasteiger partial charge in [-0.15, -0.1) is 0 Å². The van der Waals surface area contributed by atoms with Crippen LogP contribution in [0.15, 0.2) is 84.9 Å². The lowest BCUT2D eigenvalue weighted by Gasteiger charge is -2.14. The van der Waals surface area contributed by atoms with Crippen molar-refractivity contribution < 1.29 is 14.3 Å². The standard InChI is InChI=1S/C31H29N5O3/c1-38-27-9-6-10-28(39-2)24(27)19-32-31(37)22-13-15-23(16-14-22)33-29-17-25(20-7-4-3-5-8-20)34-30-18-26(21-11-12-21)35-36(29)30/h3-10,13-18,21,33H,11-12,19H2,1-2H3,(H,32,37). The lowest BCUT2D eigenvalue weighted by Crippen LogP contribution is -2.23. The zero-order valence-electron chi connectivity index (χ0n) is 21.8. The second-order valence-corrected chi connectivity index (χ2v) is 9.53. The summed E-state index contributed by atoms with van der Waals surface area (Å²) in [5, 5.41) is 11.3. The molecule has 1 amide bonds. The molecule has 3 aromatic carbocycles. The average Bonchev–Trinajstić information content (AvgIpc) is 3.75. The molecule has 6 rings (SSSR count). The van der Waals surface area contributed by atoms with Gasteiger partial charge in [-0.25, -0.2) is 4.98 Å². The van der Waals surface area contributed by atoms with Crippen molar-refractivity contribution in [3.8, 4) is 22.8 Å². The SMILES string of the molecule is COc1cccc(OC)c1CNC(=O)c1ccc(Nc2cc(-c3ccccc3)nc3cc(C4CC4)nn23)cc1. The molecule has 2 N–H and O–H groups in total. The van der Waals surface area contributed by atoms with Crippen LogP contribution in [0.4, 0.5) is 11.5 Å². The number of methoxy groups -OCH3 is 2. The molecule has 8 nitrogen and oxygen atoms in total. The first-order valence-corrected chi connectivity index (χ1v) is 12.9. The molecule has 8 heteroatoms. The van der Waals surface area contributed by atoms with Crippen LogP contribution in [0.1, 0.15) is 40.4 Å². The third-order valence-electron chi connectivity index (χ3n) is 6.89. The lowest BCUT2D eigenvalue weighted by atomic mass is 10.1. The smallest absolute Gasteiger partial charge is 0.251 e. The fraction of sp³-hybridized carbons (Fsp3) is 0.194. The summed E-state index contributed by atoms with van der Waals surface area (Å²) in [7, 11) is 3.20. The number of nitrogens with zero attached hydrogens (tertiary/aromatic N) is 3. The first kappa shape index (κ1) is 24.5. The fourth-order valence-corrected chi connectivity index (χ4v) is 4.64. The zero-order chi connectivity index (χ0) is 26.8. The molecule has 1 fully saturated rings. The Kier molecular flexibility index (Phi) is 6.59. The van der Waals surface area contributed by atoms with Crippen LogP contribution in [0.3, 0.4) is 0 Å². The van der Waals surface area contributed by atoms with Crippen molar-refractivity contribution in [3.05, 3.63) is 102 Å². The van der Waals surface area contributed by atoms with Crippen LogP contribution in [-0.2, 0) is 6.54 Å². The Hall–Kier alpha value is -4.85. The maximum Gasteiger partial charge on any atom is 0.251 e. The number of rotatable bonds is 9. The maximum absolute atomic E-state index is 12.9. The van der Waals surface area contributed by atoms with Crippen LogP contribution in [-0.4, -0.2) is 34.7 Å². The van der Waals surface area contributed by atoms with Crippen molar-refractivity contribution >= 4 is 23.1 Å². The van der Waals surface area contributed by atoms with E-state index in [9.17, 15) is 4.79 Å². The highest BCUT2D eigenvalue weighted by atomic mass is 16.5. The number of carbonyl (C=O) groups excluding carboxylic acids is 1. The molecule has 2 heterocycles. The number of nitrogens with one attached hydrogen (secondary N) is 2. The summed E-state index contributed by atoms with van der Waals surface area (Å²) in [4.78, 5) is 17.8. The molecule has 0 saturated heterocycles. The number of anilines is 2. The Morgan fingerprint density at radius 2 is 1.64 bits per heavy atom. The molecule has 0 spiro atoms. The van der Waals surface area contributed by atoms with Crippen LogP contribution in [0.25, 0.3) is 16.9 Å². The first-order valence-electron chi connectivity index (χ1n) is 12.9. The molecule has 1 aliphatic carbocycles. The molecule has 0 unspecified atom stereocenters. The summed E-state index contributed by atoms with van der Waals surface area (Å²) in [5.41, 5.74) is 5.97. The molecule has 5 aromatic rings. The molecule has 0 radical (unpaired) electrons. The van der Waals surface area contributed by atoms with Gasteiger partial charge in [0.1, 0.15) is 17.3 Å². The quantitative estimate of drug-likeness (QED) is 0.250. The monoisotopic (exact) mass is 519 g/mol. The third kappa shape index (κ3) is 5.13. The van der Waals surface area contributed by atoms with Crippen molar-refractivity contribution in [3.63, 3.8) is 0 Å². The van der Waals surface area contributed by atoms with E-state index in [-0.39, 0.29) is 12.5 Å². The molecular weight excluding hydrogens is 490 g/mol. The van der Waals surface area contributed by atoms with Crippen LogP contribution in [0.2, 0.25) is 0 Å². The molecule has 0 atom stereocenters. The Morgan fingerprint density at radius 1 is 0.923 bits per heavy atom. The van der Waals surface area contributed by atoms with Gasteiger partial charge in [0, 0.05) is 34.9 Å². The highest BCUT2D eigenvalue weighted by Crippen LogP contribution is 2.40. The molecule has 0 bridgehead atoms. The van der Waals surface area contributed by atoms with Gasteiger partial charge in [-0.1, -0.05) is 36.4 Å². The van der Waals surface area contributed by atoms with E-state index in [1.807, 2.05) is 59.1 Å². The van der Waals surface area contributed by atoms with E-state index in [1.54, 1.807) is 26.4 Å². The van der Waals surface area contributed by atoms with Gasteiger partial charge in [0.05, 0.1) is 37.7 Å². The van der Waals surface area contributed by atoms with Gasteiger partial charge in [0.25, 0.3) is 5.91 Å². The Balaban J connectivity index is 1.22. The van der Waals surface area contributed by atoms with E-state index < -0.39 is 0 Å². The predicted molar refractivity (Wildman–Crippen MR) is 151 cm³/mol. The highest BCUT2D eigenvalue weighted by Gasteiger charge is 2.27. The molecule has 39 heavy (non-hydrogen) atoms. The number of benzene rings is 3. The van der Waals surface area contributed by atoms with E-state index in [0.29, 0.717) is 23.0 Å². The number of ether oxygens (including phenoxy) is 2. The minimum absolute atomic E-state index is 0.187. The van der Waals surface area contributed by atoms with Crippen molar-refractivity contribution in [1.29, 1.82) is 0 Å². The van der Waals surface area contributed by atoms with E-state index in [0.717, 1.165) is 39.7 Å². The van der Waals surface area contributed by atoms with E-state index >= 15 is 0 Å². The van der Waals surface area contributed by atoms with Crippen LogP contribution in [0, 0.1) is 0 Å². The van der Waals surface area contributed by atoms with Gasteiger partial charge in [0.2, 0.25) is 0 Å². The van der Waals surface area contributed by atoms with Gasteiger partial charge in [0.15, 0.2) is 5.65 Å². The summed E-state index contributed by atoms with van der Waals surface area (Å²) < 4.78 is 12.7. The second kappa shape index (κ2) is 10.5. The summed E-state index contributed by atoms with van der Waals surface area (Å²) in [6, 6.07) is 27.1. The van der Waals surface area contributed by atoms with E-state index in [2.05, 4.69) is 28.8 Å². The van der Waals surface area contributed by atoms with Crippen molar-refractivity contribution in [2.75, 3.05) is 19.5 Å². The zero-order valence-corrected chi connectivity index (χ0v) is 21.8. The average molecular weight is 520 g/mol. The van der Waals surface area contributed by atoms with Crippen LogP contribution in [0.5, 0.6) is 11.5 Å². The molecule has 0 aliphatic heterocycles. The minimum Gasteiger partial charge on any atom is -0.496 e. The highest BCUT2D eigenvalue weighted by molar-refractivity contribution is 5.94. The molecule has 1 saturated carbocycles. The Bertz CT molecular complexity index is 1600. The van der Waals surface area contributed by atoms with Crippen molar-refractivity contribution in [1.82, 2.24) is 19.9 Å². The van der Waals surface area contributed by atoms with E-state index in [1.165, 1.54) is 12.8 Å². The number of hydrogen-bond acceptors (Lipinski definition) is 6. The number of aromatic nitrogens is 3. The summed E-state index contributed by atoms with van der Waals surface area (Å²) in [6.45, 7) is 0.284. The Labute approximate surface area is 226 Å². The molecule has 2 aromatic heterocycles. The third-order valence-corrected chi connectivity index (χ3v) is 6.89. The van der Waals surface area contributed by atoms with E-state index in [4.69, 9.17) is 19.6 Å². The number of amides is 1. The summed E-state index contributed by atoms with van der Waals surface area (Å²) >= 11 is 0. The lowest BCUT2D eigenvalue weighted by molar-refractivity contribution is 0.0950. The van der Waals surface area contributed by atoms with Crippen molar-refractivity contribution in [2.45, 2.75) is 25.3 Å². The Morgan fingerprint density at radius 3 is 2.31 bits per heavy atom. The summed E-state index contributed by atoms with van der Waals surface area (Å²) in [5.74, 6) is 2.47. The topological polar surface area (TPSA) is 89.8 Å². The van der Waals surface area contributed by atoms with Crippen LogP contribution < -0.4 is 20.1 Å². The molecule has 196 valence electrons. The maximum atomic E-state index is 12.9. The van der Waals surface area contributed by atoms with Gasteiger partial charge in [-0.05, 0) is 49.2 Å². The number of hydrogen-bond donors (Lipinski definition) is 2.